The standard InChI is InChI=1S/C18H14N4O/c1-22(18-14-9-5-6-10-15(14)19-12-20-18)17-11-16(21-23-17)13-7-3-2-4-8-13/h2-12H,1H3. The summed E-state index contributed by atoms with van der Waals surface area (Å²) < 4.78 is 5.50. The molecular weight excluding hydrogens is 288 g/mol. The Balaban J connectivity index is 1.74. The number of para-hydroxylation sites is 1. The fourth-order valence-corrected chi connectivity index (χ4v) is 2.53. The third kappa shape index (κ3) is 2.42. The van der Waals surface area contributed by atoms with Crippen LogP contribution in [0, 0.1) is 0 Å². The molecule has 2 heterocycles. The van der Waals surface area contributed by atoms with Crippen LogP contribution in [0.15, 0.2) is 71.5 Å². The Bertz CT molecular complexity index is 944. The molecule has 0 fully saturated rings. The van der Waals surface area contributed by atoms with Crippen LogP contribution >= 0.6 is 0 Å². The lowest BCUT2D eigenvalue weighted by atomic mass is 10.1. The van der Waals surface area contributed by atoms with E-state index in [0.717, 1.165) is 28.0 Å². The molecule has 23 heavy (non-hydrogen) atoms. The summed E-state index contributed by atoms with van der Waals surface area (Å²) in [5.41, 5.74) is 2.71. The first-order chi connectivity index (χ1) is 11.3. The molecule has 0 N–H and O–H groups in total. The molecule has 0 radical (unpaired) electrons. The number of hydrogen-bond acceptors (Lipinski definition) is 5. The topological polar surface area (TPSA) is 55.1 Å². The summed E-state index contributed by atoms with van der Waals surface area (Å²) in [6.07, 6.45) is 1.56. The summed E-state index contributed by atoms with van der Waals surface area (Å²) in [6.45, 7) is 0. The second-order valence-corrected chi connectivity index (χ2v) is 5.19. The van der Waals surface area contributed by atoms with Crippen molar-refractivity contribution in [3.63, 3.8) is 0 Å². The minimum absolute atomic E-state index is 0.632. The minimum atomic E-state index is 0.632. The number of hydrogen-bond donors (Lipinski definition) is 0. The van der Waals surface area contributed by atoms with Gasteiger partial charge in [0.1, 0.15) is 17.8 Å². The van der Waals surface area contributed by atoms with E-state index in [1.54, 1.807) is 6.33 Å². The molecule has 2 aromatic heterocycles. The average molecular weight is 302 g/mol. The molecule has 112 valence electrons. The van der Waals surface area contributed by atoms with Crippen LogP contribution in [0.3, 0.4) is 0 Å². The van der Waals surface area contributed by atoms with Gasteiger partial charge in [0.05, 0.1) is 5.52 Å². The SMILES string of the molecule is CN(c1cc(-c2ccccc2)no1)c1ncnc2ccccc12. The van der Waals surface area contributed by atoms with Gasteiger partial charge >= 0.3 is 0 Å². The first kappa shape index (κ1) is 13.5. The minimum Gasteiger partial charge on any atom is -0.338 e. The summed E-state index contributed by atoms with van der Waals surface area (Å²) in [5, 5.41) is 5.12. The van der Waals surface area contributed by atoms with Crippen LogP contribution in [0.1, 0.15) is 0 Å². The van der Waals surface area contributed by atoms with Gasteiger partial charge in [-0.3, -0.25) is 4.90 Å². The first-order valence-corrected chi connectivity index (χ1v) is 7.28. The van der Waals surface area contributed by atoms with E-state index in [0.29, 0.717) is 5.88 Å². The second-order valence-electron chi connectivity index (χ2n) is 5.19. The van der Waals surface area contributed by atoms with E-state index in [1.165, 1.54) is 0 Å². The number of aromatic nitrogens is 3. The highest BCUT2D eigenvalue weighted by atomic mass is 16.5. The maximum absolute atomic E-state index is 5.50. The van der Waals surface area contributed by atoms with Crippen molar-refractivity contribution in [3.05, 3.63) is 67.0 Å². The zero-order valence-electron chi connectivity index (χ0n) is 12.5. The van der Waals surface area contributed by atoms with E-state index in [-0.39, 0.29) is 0 Å². The maximum atomic E-state index is 5.50. The monoisotopic (exact) mass is 302 g/mol. The predicted octanol–water partition coefficient (Wildman–Crippen LogP) is 4.05. The zero-order chi connectivity index (χ0) is 15.6. The summed E-state index contributed by atoms with van der Waals surface area (Å²) in [4.78, 5) is 10.6. The molecule has 0 bridgehead atoms. The lowest BCUT2D eigenvalue weighted by molar-refractivity contribution is 0.428. The summed E-state index contributed by atoms with van der Waals surface area (Å²) in [6, 6.07) is 19.7. The van der Waals surface area contributed by atoms with Gasteiger partial charge in [-0.2, -0.15) is 0 Å². The normalized spacial score (nSPS) is 10.8. The van der Waals surface area contributed by atoms with Gasteiger partial charge in [-0.15, -0.1) is 0 Å². The highest BCUT2D eigenvalue weighted by molar-refractivity contribution is 5.90. The lowest BCUT2D eigenvalue weighted by Crippen LogP contribution is -2.11. The Morgan fingerprint density at radius 2 is 1.70 bits per heavy atom. The number of fused-ring (bicyclic) bond motifs is 1. The fraction of sp³-hybridized carbons (Fsp3) is 0.0556. The Hall–Kier alpha value is -3.21. The Morgan fingerprint density at radius 3 is 2.57 bits per heavy atom. The third-order valence-corrected chi connectivity index (χ3v) is 3.74. The zero-order valence-corrected chi connectivity index (χ0v) is 12.5. The molecule has 0 atom stereocenters. The van der Waals surface area contributed by atoms with Gasteiger partial charge in [0.15, 0.2) is 0 Å². The van der Waals surface area contributed by atoms with Crippen LogP contribution in [0.2, 0.25) is 0 Å². The summed E-state index contributed by atoms with van der Waals surface area (Å²) >= 11 is 0. The Morgan fingerprint density at radius 1 is 0.913 bits per heavy atom. The van der Waals surface area contributed by atoms with Gasteiger partial charge in [0.25, 0.3) is 0 Å². The second kappa shape index (κ2) is 5.53. The van der Waals surface area contributed by atoms with Crippen molar-refractivity contribution in [3.8, 4) is 11.3 Å². The van der Waals surface area contributed by atoms with Crippen molar-refractivity contribution < 1.29 is 4.52 Å². The lowest BCUT2D eigenvalue weighted by Gasteiger charge is -2.15. The van der Waals surface area contributed by atoms with Crippen molar-refractivity contribution in [1.29, 1.82) is 0 Å². The quantitative estimate of drug-likeness (QED) is 0.571. The molecule has 5 heteroatoms. The molecule has 5 nitrogen and oxygen atoms in total. The molecular formula is C18H14N4O. The van der Waals surface area contributed by atoms with Gasteiger partial charge in [0, 0.05) is 24.1 Å². The highest BCUT2D eigenvalue weighted by Gasteiger charge is 2.15. The smallest absolute Gasteiger partial charge is 0.233 e. The molecule has 0 aliphatic rings. The van der Waals surface area contributed by atoms with Gasteiger partial charge in [-0.05, 0) is 12.1 Å². The largest absolute Gasteiger partial charge is 0.338 e. The summed E-state index contributed by atoms with van der Waals surface area (Å²) in [5.74, 6) is 1.42. The molecule has 0 saturated heterocycles. The van der Waals surface area contributed by atoms with Crippen LogP contribution in [-0.2, 0) is 0 Å². The molecule has 4 rings (SSSR count). The van der Waals surface area contributed by atoms with Gasteiger partial charge in [-0.25, -0.2) is 9.97 Å². The summed E-state index contributed by atoms with van der Waals surface area (Å²) in [7, 11) is 1.91. The molecule has 2 aromatic carbocycles. The van der Waals surface area contributed by atoms with Gasteiger partial charge in [-0.1, -0.05) is 47.6 Å². The first-order valence-electron chi connectivity index (χ1n) is 7.28. The Kier molecular flexibility index (Phi) is 3.24. The van der Waals surface area contributed by atoms with Crippen molar-refractivity contribution in [1.82, 2.24) is 15.1 Å². The van der Waals surface area contributed by atoms with Gasteiger partial charge < -0.3 is 4.52 Å². The van der Waals surface area contributed by atoms with E-state index in [2.05, 4.69) is 15.1 Å². The van der Waals surface area contributed by atoms with Crippen molar-refractivity contribution >= 4 is 22.6 Å². The van der Waals surface area contributed by atoms with E-state index in [9.17, 15) is 0 Å². The van der Waals surface area contributed by atoms with E-state index < -0.39 is 0 Å². The molecule has 0 saturated carbocycles. The fourth-order valence-electron chi connectivity index (χ4n) is 2.53. The Labute approximate surface area is 133 Å². The molecule has 0 aliphatic carbocycles. The molecule has 0 spiro atoms. The van der Waals surface area contributed by atoms with Gasteiger partial charge in [0.2, 0.25) is 5.88 Å². The van der Waals surface area contributed by atoms with Crippen LogP contribution in [0.5, 0.6) is 0 Å². The van der Waals surface area contributed by atoms with Crippen LogP contribution in [0.4, 0.5) is 11.7 Å². The van der Waals surface area contributed by atoms with Crippen LogP contribution < -0.4 is 4.90 Å². The highest BCUT2D eigenvalue weighted by Crippen LogP contribution is 2.30. The van der Waals surface area contributed by atoms with Crippen LogP contribution in [0.25, 0.3) is 22.2 Å². The molecule has 0 amide bonds. The maximum Gasteiger partial charge on any atom is 0.233 e. The predicted molar refractivity (Wildman–Crippen MR) is 89.5 cm³/mol. The number of anilines is 2. The molecule has 4 aromatic rings. The van der Waals surface area contributed by atoms with Crippen LogP contribution in [-0.4, -0.2) is 22.2 Å². The van der Waals surface area contributed by atoms with E-state index in [4.69, 9.17) is 4.52 Å². The molecule has 0 aliphatic heterocycles. The van der Waals surface area contributed by atoms with E-state index >= 15 is 0 Å². The number of benzene rings is 2. The number of nitrogens with zero attached hydrogens (tertiary/aromatic N) is 4. The van der Waals surface area contributed by atoms with Crippen molar-refractivity contribution in [2.75, 3.05) is 11.9 Å². The molecule has 0 unspecified atom stereocenters. The average Bonchev–Trinajstić information content (AvgIpc) is 3.11. The van der Waals surface area contributed by atoms with E-state index in [1.807, 2.05) is 72.6 Å². The van der Waals surface area contributed by atoms with Crippen molar-refractivity contribution in [2.45, 2.75) is 0 Å². The van der Waals surface area contributed by atoms with Crippen molar-refractivity contribution in [2.24, 2.45) is 0 Å². The third-order valence-electron chi connectivity index (χ3n) is 3.74. The number of rotatable bonds is 3.